The van der Waals surface area contributed by atoms with Crippen molar-refractivity contribution in [2.75, 3.05) is 6.67 Å². The first-order chi connectivity index (χ1) is 22.2. The SMILES string of the molecule is O=C1NCNC(=O)c2cccc(P(c3ccccc3)c3ccccc3)c2-c2c1cccc2P(c1ccccc1)c1ccccc1. The summed E-state index contributed by atoms with van der Waals surface area (Å²) in [6.07, 6.45) is 0. The van der Waals surface area contributed by atoms with Crippen molar-refractivity contribution in [3.63, 3.8) is 0 Å². The fourth-order valence-corrected chi connectivity index (χ4v) is 10.9. The van der Waals surface area contributed by atoms with Crippen LogP contribution in [0.4, 0.5) is 0 Å². The second-order valence-corrected chi connectivity index (χ2v) is 15.0. The maximum Gasteiger partial charge on any atom is 0.253 e. The van der Waals surface area contributed by atoms with Gasteiger partial charge in [0.05, 0.1) is 6.67 Å². The van der Waals surface area contributed by atoms with E-state index in [2.05, 4.69) is 120 Å². The lowest BCUT2D eigenvalue weighted by atomic mass is 9.94. The van der Waals surface area contributed by atoms with Gasteiger partial charge in [-0.3, -0.25) is 9.59 Å². The Morgan fingerprint density at radius 3 is 1.00 bits per heavy atom. The summed E-state index contributed by atoms with van der Waals surface area (Å²) in [4.78, 5) is 27.9. The van der Waals surface area contributed by atoms with Crippen molar-refractivity contribution in [2.45, 2.75) is 0 Å². The number of carbonyl (C=O) groups excluding carboxylic acids is 2. The molecular formula is C39H30N2O2P2. The predicted molar refractivity (Wildman–Crippen MR) is 189 cm³/mol. The molecule has 218 valence electrons. The van der Waals surface area contributed by atoms with Crippen molar-refractivity contribution in [3.05, 3.63) is 169 Å². The third kappa shape index (κ3) is 5.71. The molecular weight excluding hydrogens is 590 g/mol. The Hall–Kier alpha value is -4.88. The molecule has 6 aromatic carbocycles. The van der Waals surface area contributed by atoms with Gasteiger partial charge < -0.3 is 10.6 Å². The van der Waals surface area contributed by atoms with Gasteiger partial charge in [0.25, 0.3) is 11.8 Å². The molecule has 0 atom stereocenters. The molecule has 1 aliphatic rings. The van der Waals surface area contributed by atoms with Crippen molar-refractivity contribution >= 4 is 59.5 Å². The van der Waals surface area contributed by atoms with Crippen LogP contribution in [0.5, 0.6) is 0 Å². The molecule has 0 fully saturated rings. The van der Waals surface area contributed by atoms with Crippen molar-refractivity contribution < 1.29 is 9.59 Å². The molecule has 7 rings (SSSR count). The van der Waals surface area contributed by atoms with Gasteiger partial charge in [0.2, 0.25) is 0 Å². The number of hydrogen-bond donors (Lipinski definition) is 2. The zero-order valence-corrected chi connectivity index (χ0v) is 26.2. The van der Waals surface area contributed by atoms with Gasteiger partial charge >= 0.3 is 0 Å². The Kier molecular flexibility index (Phi) is 8.34. The summed E-state index contributed by atoms with van der Waals surface area (Å²) in [5, 5.41) is 12.6. The van der Waals surface area contributed by atoms with Gasteiger partial charge in [-0.2, -0.15) is 0 Å². The summed E-state index contributed by atoms with van der Waals surface area (Å²) in [6.45, 7) is 0.0449. The first kappa shape index (κ1) is 28.9. The smallest absolute Gasteiger partial charge is 0.253 e. The molecule has 0 unspecified atom stereocenters. The van der Waals surface area contributed by atoms with Gasteiger partial charge in [-0.15, -0.1) is 0 Å². The quantitative estimate of drug-likeness (QED) is 0.249. The minimum atomic E-state index is -1.09. The van der Waals surface area contributed by atoms with Crippen molar-refractivity contribution in [2.24, 2.45) is 0 Å². The second-order valence-electron chi connectivity index (χ2n) is 10.6. The highest BCUT2D eigenvalue weighted by Gasteiger charge is 2.32. The van der Waals surface area contributed by atoms with E-state index in [0.717, 1.165) is 21.7 Å². The van der Waals surface area contributed by atoms with Crippen molar-refractivity contribution in [3.8, 4) is 11.1 Å². The number of rotatable bonds is 6. The molecule has 6 heteroatoms. The summed E-state index contributed by atoms with van der Waals surface area (Å²) in [7, 11) is -2.18. The molecule has 0 aromatic heterocycles. The molecule has 0 aliphatic carbocycles. The Bertz CT molecular complexity index is 1740. The Morgan fingerprint density at radius 2 is 0.689 bits per heavy atom. The maximum atomic E-state index is 13.9. The molecule has 0 bridgehead atoms. The topological polar surface area (TPSA) is 58.2 Å². The molecule has 0 saturated carbocycles. The average molecular weight is 621 g/mol. The van der Waals surface area contributed by atoms with E-state index in [0.29, 0.717) is 11.1 Å². The van der Waals surface area contributed by atoms with Crippen LogP contribution in [-0.2, 0) is 0 Å². The first-order valence-electron chi connectivity index (χ1n) is 14.8. The standard InChI is InChI=1S/C39H30N2O2P2/c42-38-32-23-13-25-34(44(28-15-5-1-6-16-28)29-17-7-2-8-18-29)36(32)37-33(39(43)41-27-40-38)24-14-26-35(37)45(30-19-9-3-10-20-30)31-21-11-4-12-22-31/h1-26H,27H2,(H,40,42)(H,41,43). The number of fused-ring (bicyclic) bond motifs is 3. The Balaban J connectivity index is 1.60. The molecule has 4 nitrogen and oxygen atoms in total. The molecule has 1 aliphatic heterocycles. The third-order valence-electron chi connectivity index (χ3n) is 7.86. The van der Waals surface area contributed by atoms with Crippen LogP contribution in [0.25, 0.3) is 11.1 Å². The van der Waals surface area contributed by atoms with Gasteiger partial charge in [0.15, 0.2) is 0 Å². The fraction of sp³-hybridized carbons (Fsp3) is 0.0256. The van der Waals surface area contributed by atoms with Gasteiger partial charge in [0, 0.05) is 22.3 Å². The van der Waals surface area contributed by atoms with E-state index in [4.69, 9.17) is 0 Å². The molecule has 0 radical (unpaired) electrons. The average Bonchev–Trinajstić information content (AvgIpc) is 3.15. The van der Waals surface area contributed by atoms with E-state index in [1.807, 2.05) is 48.5 Å². The highest BCUT2D eigenvalue weighted by atomic mass is 31.1. The largest absolute Gasteiger partial charge is 0.335 e. The second kappa shape index (κ2) is 13.0. The first-order valence-corrected chi connectivity index (χ1v) is 17.5. The summed E-state index contributed by atoms with van der Waals surface area (Å²) in [5.74, 6) is -0.427. The third-order valence-corrected chi connectivity index (χ3v) is 12.8. The van der Waals surface area contributed by atoms with Gasteiger partial charge in [-0.1, -0.05) is 146 Å². The molecule has 6 aromatic rings. The molecule has 0 spiro atoms. The monoisotopic (exact) mass is 620 g/mol. The van der Waals surface area contributed by atoms with Crippen LogP contribution < -0.4 is 42.5 Å². The van der Waals surface area contributed by atoms with E-state index in [-0.39, 0.29) is 18.5 Å². The van der Waals surface area contributed by atoms with Gasteiger partial charge in [-0.05, 0) is 59.8 Å². The minimum absolute atomic E-state index is 0.0449. The number of hydrogen-bond acceptors (Lipinski definition) is 2. The molecule has 1 heterocycles. The zero-order chi connectivity index (χ0) is 30.6. The van der Waals surface area contributed by atoms with Crippen LogP contribution in [0.1, 0.15) is 20.7 Å². The molecule has 45 heavy (non-hydrogen) atoms. The summed E-state index contributed by atoms with van der Waals surface area (Å²) >= 11 is 0. The van der Waals surface area contributed by atoms with E-state index in [9.17, 15) is 9.59 Å². The molecule has 2 amide bonds. The number of carbonyl (C=O) groups is 2. The van der Waals surface area contributed by atoms with E-state index >= 15 is 0 Å². The van der Waals surface area contributed by atoms with Gasteiger partial charge in [0.1, 0.15) is 0 Å². The van der Waals surface area contributed by atoms with Gasteiger partial charge in [-0.25, -0.2) is 0 Å². The van der Waals surface area contributed by atoms with E-state index in [1.54, 1.807) is 0 Å². The highest BCUT2D eigenvalue weighted by molar-refractivity contribution is 7.80. The number of amides is 2. The molecule has 2 N–H and O–H groups in total. The number of nitrogens with one attached hydrogen (secondary N) is 2. The minimum Gasteiger partial charge on any atom is -0.335 e. The maximum absolute atomic E-state index is 13.9. The van der Waals surface area contributed by atoms with Crippen LogP contribution in [0.2, 0.25) is 0 Å². The van der Waals surface area contributed by atoms with Crippen LogP contribution in [0, 0.1) is 0 Å². The lowest BCUT2D eigenvalue weighted by Gasteiger charge is -2.28. The Morgan fingerprint density at radius 1 is 0.378 bits per heavy atom. The summed E-state index contributed by atoms with van der Waals surface area (Å²) < 4.78 is 0. The summed E-state index contributed by atoms with van der Waals surface area (Å²) in [6, 6.07) is 53.9. The normalized spacial score (nSPS) is 12.8. The van der Waals surface area contributed by atoms with Crippen LogP contribution >= 0.6 is 15.8 Å². The summed E-state index contributed by atoms with van der Waals surface area (Å²) in [5.41, 5.74) is 2.76. The van der Waals surface area contributed by atoms with Crippen molar-refractivity contribution in [1.82, 2.24) is 10.6 Å². The van der Waals surface area contributed by atoms with E-state index in [1.165, 1.54) is 21.2 Å². The zero-order valence-electron chi connectivity index (χ0n) is 24.4. The van der Waals surface area contributed by atoms with Crippen LogP contribution in [0.15, 0.2) is 158 Å². The predicted octanol–water partition coefficient (Wildman–Crippen LogP) is 5.30. The van der Waals surface area contributed by atoms with Crippen LogP contribution in [-0.4, -0.2) is 18.5 Å². The highest BCUT2D eigenvalue weighted by Crippen LogP contribution is 2.43. The molecule has 0 saturated heterocycles. The van der Waals surface area contributed by atoms with Crippen molar-refractivity contribution in [1.29, 1.82) is 0 Å². The number of benzene rings is 6. The lowest BCUT2D eigenvalue weighted by Crippen LogP contribution is -2.36. The fourth-order valence-electron chi connectivity index (χ4n) is 5.91. The van der Waals surface area contributed by atoms with Crippen LogP contribution in [0.3, 0.4) is 0 Å². The van der Waals surface area contributed by atoms with E-state index < -0.39 is 15.8 Å². The Labute approximate surface area is 265 Å². The lowest BCUT2D eigenvalue weighted by molar-refractivity contribution is 0.0923.